The summed E-state index contributed by atoms with van der Waals surface area (Å²) in [5.41, 5.74) is 6.44. The summed E-state index contributed by atoms with van der Waals surface area (Å²) < 4.78 is 5.28. The molecule has 0 aliphatic rings. The van der Waals surface area contributed by atoms with Gasteiger partial charge in [-0.25, -0.2) is 14.4 Å². The number of fused-ring (bicyclic) bond motifs is 2. The van der Waals surface area contributed by atoms with E-state index in [-0.39, 0.29) is 11.1 Å². The van der Waals surface area contributed by atoms with E-state index in [1.54, 1.807) is 37.3 Å². The van der Waals surface area contributed by atoms with Gasteiger partial charge in [0.2, 0.25) is 0 Å². The van der Waals surface area contributed by atoms with E-state index >= 15 is 0 Å². The van der Waals surface area contributed by atoms with Crippen LogP contribution in [0, 0.1) is 0 Å². The minimum absolute atomic E-state index is 0.106. The highest BCUT2D eigenvalue weighted by Gasteiger charge is 2.25. The second-order valence-electron chi connectivity index (χ2n) is 7.33. The number of benzene rings is 4. The smallest absolute Gasteiger partial charge is 0.405 e. The molecule has 0 spiro atoms. The van der Waals surface area contributed by atoms with Crippen molar-refractivity contribution in [3.05, 3.63) is 83.4 Å². The number of carboxylic acid groups (broad SMARTS) is 2. The quantitative estimate of drug-likeness (QED) is 0.399. The Morgan fingerprint density at radius 1 is 0.812 bits per heavy atom. The highest BCUT2D eigenvalue weighted by Crippen LogP contribution is 2.41. The zero-order valence-corrected chi connectivity index (χ0v) is 17.0. The van der Waals surface area contributed by atoms with Crippen LogP contribution in [0.3, 0.4) is 0 Å². The number of hydrogen-bond acceptors (Lipinski definition) is 4. The average molecular weight is 429 g/mol. The molecule has 4 rings (SSSR count). The van der Waals surface area contributed by atoms with Gasteiger partial charge in [-0.15, -0.1) is 0 Å². The number of rotatable bonds is 5. The number of hydrogen-bond donors (Lipinski definition) is 3. The number of nitrogens with two attached hydrogens (primary N) is 1. The molecule has 1 unspecified atom stereocenters. The zero-order valence-electron chi connectivity index (χ0n) is 17.0. The van der Waals surface area contributed by atoms with Gasteiger partial charge in [0, 0.05) is 11.1 Å². The van der Waals surface area contributed by atoms with Gasteiger partial charge in [0.15, 0.2) is 0 Å². The van der Waals surface area contributed by atoms with Crippen LogP contribution in [0.4, 0.5) is 4.79 Å². The van der Waals surface area contributed by atoms with Crippen molar-refractivity contribution in [2.75, 3.05) is 0 Å². The van der Waals surface area contributed by atoms with Gasteiger partial charge < -0.3 is 20.7 Å². The van der Waals surface area contributed by atoms with Crippen molar-refractivity contribution in [2.45, 2.75) is 13.0 Å². The van der Waals surface area contributed by atoms with E-state index in [0.29, 0.717) is 27.5 Å². The largest absolute Gasteiger partial charge is 0.478 e. The van der Waals surface area contributed by atoms with Gasteiger partial charge in [-0.05, 0) is 40.1 Å². The molecule has 4 aromatic carbocycles. The Hall–Kier alpha value is -4.39. The minimum atomic E-state index is -1.27. The lowest BCUT2D eigenvalue weighted by atomic mass is 9.85. The van der Waals surface area contributed by atoms with Crippen molar-refractivity contribution in [2.24, 2.45) is 5.73 Å². The van der Waals surface area contributed by atoms with E-state index in [1.165, 1.54) is 6.07 Å². The van der Waals surface area contributed by atoms with Gasteiger partial charge in [0.1, 0.15) is 6.10 Å². The van der Waals surface area contributed by atoms with Crippen LogP contribution in [0.5, 0.6) is 0 Å². The summed E-state index contributed by atoms with van der Waals surface area (Å²) in [6.07, 6.45) is -1.74. The number of ether oxygens (including phenoxy) is 1. The second-order valence-corrected chi connectivity index (χ2v) is 7.33. The van der Waals surface area contributed by atoms with Gasteiger partial charge >= 0.3 is 18.0 Å². The zero-order chi connectivity index (χ0) is 23.0. The Labute approximate surface area is 182 Å². The fourth-order valence-electron chi connectivity index (χ4n) is 4.20. The maximum Gasteiger partial charge on any atom is 0.405 e. The molecule has 160 valence electrons. The minimum Gasteiger partial charge on any atom is -0.478 e. The van der Waals surface area contributed by atoms with Crippen molar-refractivity contribution >= 4 is 39.6 Å². The first kappa shape index (κ1) is 20.9. The molecule has 0 saturated heterocycles. The number of primary amides is 1. The number of amides is 1. The Morgan fingerprint density at radius 3 is 2.03 bits per heavy atom. The van der Waals surface area contributed by atoms with Gasteiger partial charge in [-0.1, -0.05) is 60.7 Å². The predicted octanol–water partition coefficient (Wildman–Crippen LogP) is 5.21. The summed E-state index contributed by atoms with van der Waals surface area (Å²) in [5, 5.41) is 22.2. The Kier molecular flexibility index (Phi) is 5.24. The Bertz CT molecular complexity index is 1410. The molecule has 32 heavy (non-hydrogen) atoms. The average Bonchev–Trinajstić information content (AvgIpc) is 2.76. The van der Waals surface area contributed by atoms with E-state index in [2.05, 4.69) is 0 Å². The fourth-order valence-corrected chi connectivity index (χ4v) is 4.20. The first-order valence-corrected chi connectivity index (χ1v) is 9.80. The molecular formula is C25H19NO6. The van der Waals surface area contributed by atoms with Crippen LogP contribution in [0.15, 0.2) is 66.7 Å². The van der Waals surface area contributed by atoms with Gasteiger partial charge in [-0.2, -0.15) is 0 Å². The Morgan fingerprint density at radius 2 is 1.41 bits per heavy atom. The van der Waals surface area contributed by atoms with Crippen molar-refractivity contribution in [3.8, 4) is 11.1 Å². The van der Waals surface area contributed by atoms with Gasteiger partial charge in [0.25, 0.3) is 0 Å². The molecular weight excluding hydrogens is 410 g/mol. The predicted molar refractivity (Wildman–Crippen MR) is 120 cm³/mol. The molecule has 7 heteroatoms. The molecule has 4 aromatic rings. The molecule has 0 aliphatic carbocycles. The maximum absolute atomic E-state index is 12.2. The molecule has 0 fully saturated rings. The number of carbonyl (C=O) groups excluding carboxylic acids is 1. The topological polar surface area (TPSA) is 127 Å². The van der Waals surface area contributed by atoms with Gasteiger partial charge in [-0.3, -0.25) is 0 Å². The van der Waals surface area contributed by atoms with Crippen molar-refractivity contribution < 1.29 is 29.3 Å². The first-order chi connectivity index (χ1) is 15.3. The van der Waals surface area contributed by atoms with Crippen LogP contribution >= 0.6 is 0 Å². The van der Waals surface area contributed by atoms with Crippen molar-refractivity contribution in [1.82, 2.24) is 0 Å². The number of aromatic carboxylic acids is 2. The molecule has 0 bridgehead atoms. The molecule has 0 aromatic heterocycles. The van der Waals surface area contributed by atoms with Crippen LogP contribution < -0.4 is 5.73 Å². The molecule has 1 atom stereocenters. The standard InChI is InChI=1S/C25H19NO6/c1-13(32-25(26)31)21-15-7-3-2-6-14(15)10-11-18(21)22-17-9-5-4-8-16(17)19(23(27)28)12-20(22)24(29)30/h2-13H,1H3,(H2,26,31)(H,27,28)(H,29,30). The summed E-state index contributed by atoms with van der Waals surface area (Å²) in [4.78, 5) is 35.6. The van der Waals surface area contributed by atoms with E-state index in [9.17, 15) is 24.6 Å². The van der Waals surface area contributed by atoms with Crippen LogP contribution in [-0.4, -0.2) is 28.2 Å². The fraction of sp³-hybridized carbons (Fsp3) is 0.0800. The third-order valence-electron chi connectivity index (χ3n) is 5.44. The molecule has 0 saturated carbocycles. The molecule has 7 nitrogen and oxygen atoms in total. The normalized spacial score (nSPS) is 11.9. The third kappa shape index (κ3) is 3.50. The third-order valence-corrected chi connectivity index (χ3v) is 5.44. The summed E-state index contributed by atoms with van der Waals surface area (Å²) in [6, 6.07) is 18.9. The Balaban J connectivity index is 2.18. The van der Waals surface area contributed by atoms with Gasteiger partial charge in [0.05, 0.1) is 11.1 Å². The second kappa shape index (κ2) is 8.03. The van der Waals surface area contributed by atoms with Crippen molar-refractivity contribution in [3.63, 3.8) is 0 Å². The lowest BCUT2D eigenvalue weighted by molar-refractivity contribution is 0.0696. The van der Waals surface area contributed by atoms with Crippen molar-refractivity contribution in [1.29, 1.82) is 0 Å². The summed E-state index contributed by atoms with van der Waals surface area (Å²) in [5.74, 6) is -2.49. The van der Waals surface area contributed by atoms with E-state index in [4.69, 9.17) is 10.5 Å². The maximum atomic E-state index is 12.2. The molecule has 1 amide bonds. The lowest BCUT2D eigenvalue weighted by Gasteiger charge is -2.22. The summed E-state index contributed by atoms with van der Waals surface area (Å²) >= 11 is 0. The van der Waals surface area contributed by atoms with Crippen LogP contribution in [0.2, 0.25) is 0 Å². The highest BCUT2D eigenvalue weighted by molar-refractivity contribution is 6.15. The highest BCUT2D eigenvalue weighted by atomic mass is 16.6. The van der Waals surface area contributed by atoms with Crippen LogP contribution in [0.25, 0.3) is 32.7 Å². The lowest BCUT2D eigenvalue weighted by Crippen LogP contribution is -2.16. The number of carboxylic acids is 2. The van der Waals surface area contributed by atoms with E-state index in [1.807, 2.05) is 30.3 Å². The molecule has 0 radical (unpaired) electrons. The van der Waals surface area contributed by atoms with E-state index < -0.39 is 24.1 Å². The monoisotopic (exact) mass is 429 g/mol. The molecule has 0 heterocycles. The van der Waals surface area contributed by atoms with Crippen LogP contribution in [-0.2, 0) is 4.74 Å². The van der Waals surface area contributed by atoms with E-state index in [0.717, 1.165) is 10.8 Å². The first-order valence-electron chi connectivity index (χ1n) is 9.80. The summed E-state index contributed by atoms with van der Waals surface area (Å²) in [7, 11) is 0. The SMILES string of the molecule is CC(OC(N)=O)c1c(-c2c(C(=O)O)cc(C(=O)O)c3ccccc23)ccc2ccccc12. The van der Waals surface area contributed by atoms with Crippen LogP contribution in [0.1, 0.15) is 39.3 Å². The summed E-state index contributed by atoms with van der Waals surface area (Å²) in [6.45, 7) is 1.66. The molecule has 0 aliphatic heterocycles. The molecule has 4 N–H and O–H groups in total. The number of carbonyl (C=O) groups is 3.